The molecule has 162 valence electrons. The molecule has 1 aromatic carbocycles. The number of anilines is 1. The number of carbonyl (C=O) groups is 1. The minimum absolute atomic E-state index is 0.177. The van der Waals surface area contributed by atoms with Crippen molar-refractivity contribution in [1.29, 1.82) is 0 Å². The van der Waals surface area contributed by atoms with Crippen LogP contribution in [0.4, 0.5) is 5.69 Å². The third-order valence-corrected chi connectivity index (χ3v) is 8.06. The zero-order valence-electron chi connectivity index (χ0n) is 18.6. The first kappa shape index (κ1) is 20.2. The fraction of sp³-hybridized carbons (Fsp3) is 0.692. The fourth-order valence-electron chi connectivity index (χ4n) is 6.46. The van der Waals surface area contributed by atoms with Crippen molar-refractivity contribution in [2.75, 3.05) is 18.0 Å². The van der Waals surface area contributed by atoms with Gasteiger partial charge >= 0.3 is 0 Å². The van der Waals surface area contributed by atoms with Crippen LogP contribution in [0, 0.1) is 12.3 Å². The molecule has 2 aliphatic heterocycles. The van der Waals surface area contributed by atoms with Gasteiger partial charge in [0.05, 0.1) is 23.2 Å². The quantitative estimate of drug-likeness (QED) is 0.664. The zero-order chi connectivity index (χ0) is 20.6. The molecule has 1 spiro atoms. The van der Waals surface area contributed by atoms with Gasteiger partial charge in [-0.05, 0) is 70.7 Å². The summed E-state index contributed by atoms with van der Waals surface area (Å²) in [7, 11) is 0. The second kappa shape index (κ2) is 8.45. The van der Waals surface area contributed by atoms with Gasteiger partial charge in [0.15, 0.2) is 0 Å². The van der Waals surface area contributed by atoms with Crippen molar-refractivity contribution in [3.8, 4) is 0 Å². The number of carbonyl (C=O) groups excluding carboxylic acids is 1. The third kappa shape index (κ3) is 3.51. The molecule has 0 unspecified atom stereocenters. The standard InChI is InChI=1S/C26H37N3O/c1-20-12-14-22(15-13-20)29-24(27-21-10-4-2-5-11-21)23(28-18-8-9-19-28)26(25(29)30)16-6-3-7-17-26/h12-15,21,23H,2-11,16-19H2,1H3/t23-/m0/s1. The number of rotatable bonds is 3. The average Bonchev–Trinajstić information content (AvgIpc) is 3.37. The Balaban J connectivity index is 1.62. The van der Waals surface area contributed by atoms with Crippen LogP contribution in [0.3, 0.4) is 0 Å². The van der Waals surface area contributed by atoms with E-state index in [0.717, 1.165) is 37.5 Å². The van der Waals surface area contributed by atoms with Gasteiger partial charge in [-0.2, -0.15) is 0 Å². The monoisotopic (exact) mass is 407 g/mol. The maximum atomic E-state index is 14.2. The lowest BCUT2D eigenvalue weighted by Crippen LogP contribution is -2.50. The minimum Gasteiger partial charge on any atom is -0.293 e. The summed E-state index contributed by atoms with van der Waals surface area (Å²) in [5.41, 5.74) is 1.99. The highest BCUT2D eigenvalue weighted by Crippen LogP contribution is 2.50. The van der Waals surface area contributed by atoms with E-state index in [9.17, 15) is 4.79 Å². The number of hydrogen-bond acceptors (Lipinski definition) is 3. The summed E-state index contributed by atoms with van der Waals surface area (Å²) >= 11 is 0. The van der Waals surface area contributed by atoms with Crippen LogP contribution in [0.1, 0.15) is 82.6 Å². The Hall–Kier alpha value is -1.68. The Labute approximate surface area is 181 Å². The first-order valence-electron chi connectivity index (χ1n) is 12.4. The molecule has 2 heterocycles. The lowest BCUT2D eigenvalue weighted by molar-refractivity contribution is -0.129. The van der Waals surface area contributed by atoms with E-state index in [1.807, 2.05) is 0 Å². The summed E-state index contributed by atoms with van der Waals surface area (Å²) < 4.78 is 0. The van der Waals surface area contributed by atoms with Gasteiger partial charge in [-0.25, -0.2) is 0 Å². The van der Waals surface area contributed by atoms with Gasteiger partial charge in [-0.15, -0.1) is 0 Å². The first-order chi connectivity index (χ1) is 14.7. The Morgan fingerprint density at radius 3 is 2.17 bits per heavy atom. The molecule has 2 aliphatic carbocycles. The maximum absolute atomic E-state index is 14.2. The smallest absolute Gasteiger partial charge is 0.240 e. The van der Waals surface area contributed by atoms with Crippen LogP contribution < -0.4 is 4.90 Å². The molecule has 5 rings (SSSR count). The molecule has 4 heteroatoms. The van der Waals surface area contributed by atoms with Crippen LogP contribution in [-0.4, -0.2) is 41.8 Å². The molecule has 30 heavy (non-hydrogen) atoms. The molecule has 1 aromatic rings. The van der Waals surface area contributed by atoms with E-state index in [0.29, 0.717) is 11.9 Å². The number of amides is 1. The molecular weight excluding hydrogens is 370 g/mol. The van der Waals surface area contributed by atoms with Crippen molar-refractivity contribution in [1.82, 2.24) is 4.90 Å². The van der Waals surface area contributed by atoms with Crippen LogP contribution in [0.5, 0.6) is 0 Å². The lowest BCUT2D eigenvalue weighted by Gasteiger charge is -2.40. The molecular formula is C26H37N3O. The van der Waals surface area contributed by atoms with Crippen molar-refractivity contribution >= 4 is 17.4 Å². The van der Waals surface area contributed by atoms with Crippen LogP contribution in [0.2, 0.25) is 0 Å². The molecule has 1 atom stereocenters. The Morgan fingerprint density at radius 1 is 0.867 bits per heavy atom. The highest BCUT2D eigenvalue weighted by molar-refractivity contribution is 6.27. The van der Waals surface area contributed by atoms with E-state index < -0.39 is 0 Å². The van der Waals surface area contributed by atoms with E-state index in [2.05, 4.69) is 41.0 Å². The van der Waals surface area contributed by atoms with Crippen molar-refractivity contribution in [2.24, 2.45) is 10.4 Å². The highest BCUT2D eigenvalue weighted by Gasteiger charge is 2.60. The van der Waals surface area contributed by atoms with E-state index in [-0.39, 0.29) is 11.5 Å². The van der Waals surface area contributed by atoms with Crippen molar-refractivity contribution in [2.45, 2.75) is 96.1 Å². The second-order valence-electron chi connectivity index (χ2n) is 10.1. The van der Waals surface area contributed by atoms with Crippen LogP contribution >= 0.6 is 0 Å². The molecule has 4 aliphatic rings. The largest absolute Gasteiger partial charge is 0.293 e. The number of hydrogen-bond donors (Lipinski definition) is 0. The number of amidine groups is 1. The van der Waals surface area contributed by atoms with Crippen molar-refractivity contribution in [3.05, 3.63) is 29.8 Å². The summed E-state index contributed by atoms with van der Waals surface area (Å²) in [5, 5.41) is 0. The predicted octanol–water partition coefficient (Wildman–Crippen LogP) is 5.49. The van der Waals surface area contributed by atoms with Crippen molar-refractivity contribution < 1.29 is 4.79 Å². The van der Waals surface area contributed by atoms with E-state index in [1.165, 1.54) is 69.8 Å². The van der Waals surface area contributed by atoms with Gasteiger partial charge in [-0.3, -0.25) is 19.6 Å². The van der Waals surface area contributed by atoms with Crippen LogP contribution in [0.25, 0.3) is 0 Å². The van der Waals surface area contributed by atoms with E-state index in [1.54, 1.807) is 0 Å². The van der Waals surface area contributed by atoms with Gasteiger partial charge in [0, 0.05) is 0 Å². The van der Waals surface area contributed by atoms with Gasteiger partial charge < -0.3 is 0 Å². The molecule has 4 fully saturated rings. The molecule has 2 saturated heterocycles. The summed E-state index contributed by atoms with van der Waals surface area (Å²) in [6.07, 6.45) is 14.4. The summed E-state index contributed by atoms with van der Waals surface area (Å²) in [4.78, 5) is 24.3. The zero-order valence-corrected chi connectivity index (χ0v) is 18.6. The first-order valence-corrected chi connectivity index (χ1v) is 12.4. The summed E-state index contributed by atoms with van der Waals surface area (Å²) in [5.74, 6) is 1.41. The molecule has 2 saturated carbocycles. The van der Waals surface area contributed by atoms with Crippen LogP contribution in [0.15, 0.2) is 29.3 Å². The van der Waals surface area contributed by atoms with Gasteiger partial charge in [-0.1, -0.05) is 56.2 Å². The summed E-state index contributed by atoms with van der Waals surface area (Å²) in [6, 6.07) is 9.10. The molecule has 0 N–H and O–H groups in total. The maximum Gasteiger partial charge on any atom is 0.240 e. The predicted molar refractivity (Wildman–Crippen MR) is 123 cm³/mol. The SMILES string of the molecule is Cc1ccc(N2C(=O)C3(CCCCC3)[C@@H](N3CCCC3)C2=NC2CCCCC2)cc1. The topological polar surface area (TPSA) is 35.9 Å². The third-order valence-electron chi connectivity index (χ3n) is 8.06. The normalized spacial score (nSPS) is 29.4. The van der Waals surface area contributed by atoms with Gasteiger partial charge in [0.25, 0.3) is 0 Å². The second-order valence-corrected chi connectivity index (χ2v) is 10.1. The number of benzene rings is 1. The number of aliphatic imine (C=N–C) groups is 1. The van der Waals surface area contributed by atoms with Gasteiger partial charge in [0.2, 0.25) is 5.91 Å². The highest BCUT2D eigenvalue weighted by atomic mass is 16.2. The van der Waals surface area contributed by atoms with E-state index >= 15 is 0 Å². The lowest BCUT2D eigenvalue weighted by atomic mass is 9.69. The molecule has 0 aromatic heterocycles. The van der Waals surface area contributed by atoms with Crippen molar-refractivity contribution in [3.63, 3.8) is 0 Å². The van der Waals surface area contributed by atoms with E-state index in [4.69, 9.17) is 4.99 Å². The number of nitrogens with zero attached hydrogens (tertiary/aromatic N) is 3. The summed E-state index contributed by atoms with van der Waals surface area (Å²) in [6.45, 7) is 4.35. The number of likely N-dealkylation sites (tertiary alicyclic amines) is 1. The molecule has 4 nitrogen and oxygen atoms in total. The Kier molecular flexibility index (Phi) is 5.70. The molecule has 0 bridgehead atoms. The molecule has 1 amide bonds. The Bertz CT molecular complexity index is 781. The van der Waals surface area contributed by atoms with Crippen LogP contribution in [-0.2, 0) is 4.79 Å². The molecule has 0 radical (unpaired) electrons. The number of aryl methyl sites for hydroxylation is 1. The van der Waals surface area contributed by atoms with Gasteiger partial charge in [0.1, 0.15) is 5.84 Å². The minimum atomic E-state index is -0.263. The Morgan fingerprint density at radius 2 is 1.50 bits per heavy atom. The fourth-order valence-corrected chi connectivity index (χ4v) is 6.46. The average molecular weight is 408 g/mol.